The molecule has 0 saturated carbocycles. The Morgan fingerprint density at radius 3 is 2.64 bits per heavy atom. The Hall–Kier alpha value is -0.130. The van der Waals surface area contributed by atoms with Crippen molar-refractivity contribution in [3.05, 3.63) is 21.2 Å². The second-order valence-corrected chi connectivity index (χ2v) is 5.42. The smallest absolute Gasteiger partial charge is 0.140 e. The number of rotatable bonds is 3. The number of pyridine rings is 1. The van der Waals surface area contributed by atoms with Gasteiger partial charge in [0.1, 0.15) is 5.82 Å². The molecule has 1 heterocycles. The van der Waals surface area contributed by atoms with Crippen molar-refractivity contribution < 1.29 is 5.11 Å². The third-order valence-electron chi connectivity index (χ3n) is 1.66. The molecule has 1 aromatic rings. The molecule has 0 atom stereocenters. The Kier molecular flexibility index (Phi) is 3.92. The molecule has 0 unspecified atom stereocenters. The fourth-order valence-electron chi connectivity index (χ4n) is 0.867. The minimum absolute atomic E-state index is 0.0528. The van der Waals surface area contributed by atoms with E-state index in [2.05, 4.69) is 42.2 Å². The summed E-state index contributed by atoms with van der Waals surface area (Å²) < 4.78 is 1.78. The van der Waals surface area contributed by atoms with E-state index in [0.717, 1.165) is 14.8 Å². The summed E-state index contributed by atoms with van der Waals surface area (Å²) in [6.07, 6.45) is 1.71. The highest BCUT2D eigenvalue weighted by Crippen LogP contribution is 2.25. The number of nitrogens with zero attached hydrogens (tertiary/aromatic N) is 1. The molecule has 5 heteroatoms. The van der Waals surface area contributed by atoms with Crippen LogP contribution < -0.4 is 5.32 Å². The van der Waals surface area contributed by atoms with Crippen molar-refractivity contribution in [3.63, 3.8) is 0 Å². The molecule has 0 aliphatic heterocycles. The Bertz CT molecular complexity index is 329. The third kappa shape index (κ3) is 3.22. The van der Waals surface area contributed by atoms with Crippen LogP contribution >= 0.6 is 31.9 Å². The van der Waals surface area contributed by atoms with Crippen molar-refractivity contribution in [2.45, 2.75) is 19.4 Å². The molecular formula is C9H12Br2N2O. The number of nitrogens with one attached hydrogen (secondary N) is 1. The predicted octanol–water partition coefficient (Wildman–Crippen LogP) is 2.79. The van der Waals surface area contributed by atoms with E-state index in [1.807, 2.05) is 19.9 Å². The lowest BCUT2D eigenvalue weighted by Crippen LogP contribution is -2.35. The van der Waals surface area contributed by atoms with Gasteiger partial charge in [0.2, 0.25) is 0 Å². The zero-order valence-corrected chi connectivity index (χ0v) is 11.2. The Balaban J connectivity index is 2.87. The summed E-state index contributed by atoms with van der Waals surface area (Å²) >= 11 is 6.72. The van der Waals surface area contributed by atoms with Crippen LogP contribution in [-0.2, 0) is 0 Å². The van der Waals surface area contributed by atoms with Crippen LogP contribution in [0.3, 0.4) is 0 Å². The van der Waals surface area contributed by atoms with E-state index in [4.69, 9.17) is 5.11 Å². The second kappa shape index (κ2) is 4.59. The number of hydrogen-bond donors (Lipinski definition) is 2. The van der Waals surface area contributed by atoms with Crippen LogP contribution in [-0.4, -0.2) is 22.2 Å². The van der Waals surface area contributed by atoms with E-state index >= 15 is 0 Å². The Labute approximate surface area is 100 Å². The predicted molar refractivity (Wildman–Crippen MR) is 64.4 cm³/mol. The first kappa shape index (κ1) is 11.9. The molecule has 0 fully saturated rings. The molecule has 14 heavy (non-hydrogen) atoms. The quantitative estimate of drug-likeness (QED) is 0.899. The van der Waals surface area contributed by atoms with Crippen LogP contribution in [0.15, 0.2) is 21.2 Å². The summed E-state index contributed by atoms with van der Waals surface area (Å²) in [6.45, 7) is 3.86. The van der Waals surface area contributed by atoms with Crippen molar-refractivity contribution >= 4 is 37.7 Å². The van der Waals surface area contributed by atoms with E-state index in [-0.39, 0.29) is 12.1 Å². The first-order valence-corrected chi connectivity index (χ1v) is 5.73. The molecule has 0 saturated heterocycles. The van der Waals surface area contributed by atoms with Crippen LogP contribution in [0.1, 0.15) is 13.8 Å². The zero-order chi connectivity index (χ0) is 10.8. The number of halogens is 2. The molecule has 0 amide bonds. The lowest BCUT2D eigenvalue weighted by Gasteiger charge is -2.24. The monoisotopic (exact) mass is 322 g/mol. The maximum Gasteiger partial charge on any atom is 0.140 e. The molecule has 0 aliphatic carbocycles. The van der Waals surface area contributed by atoms with Crippen molar-refractivity contribution in [1.29, 1.82) is 0 Å². The Morgan fingerprint density at radius 2 is 2.14 bits per heavy atom. The van der Waals surface area contributed by atoms with Gasteiger partial charge in [-0.3, -0.25) is 0 Å². The lowest BCUT2D eigenvalue weighted by molar-refractivity contribution is 0.234. The van der Waals surface area contributed by atoms with Crippen LogP contribution in [0.4, 0.5) is 5.82 Å². The molecule has 0 aliphatic rings. The normalized spacial score (nSPS) is 11.5. The highest BCUT2D eigenvalue weighted by atomic mass is 79.9. The fraction of sp³-hybridized carbons (Fsp3) is 0.444. The van der Waals surface area contributed by atoms with Crippen LogP contribution in [0.25, 0.3) is 0 Å². The third-order valence-corrected chi connectivity index (χ3v) is 2.70. The number of hydrogen-bond acceptors (Lipinski definition) is 3. The summed E-state index contributed by atoms with van der Waals surface area (Å²) in [5.74, 6) is 0.729. The van der Waals surface area contributed by atoms with Crippen molar-refractivity contribution in [3.8, 4) is 0 Å². The van der Waals surface area contributed by atoms with Crippen LogP contribution in [0.2, 0.25) is 0 Å². The molecule has 0 radical (unpaired) electrons. The molecule has 0 aromatic carbocycles. The number of aromatic nitrogens is 1. The highest BCUT2D eigenvalue weighted by molar-refractivity contribution is 9.11. The highest BCUT2D eigenvalue weighted by Gasteiger charge is 2.17. The average Bonchev–Trinajstić information content (AvgIpc) is 2.10. The molecule has 0 bridgehead atoms. The van der Waals surface area contributed by atoms with E-state index in [1.165, 1.54) is 0 Å². The summed E-state index contributed by atoms with van der Waals surface area (Å²) in [5, 5.41) is 12.2. The summed E-state index contributed by atoms with van der Waals surface area (Å²) in [7, 11) is 0. The number of aliphatic hydroxyl groups is 1. The van der Waals surface area contributed by atoms with E-state index in [9.17, 15) is 0 Å². The first-order valence-electron chi connectivity index (χ1n) is 4.15. The number of anilines is 1. The van der Waals surface area contributed by atoms with Gasteiger partial charge in [-0.05, 0) is 51.8 Å². The maximum atomic E-state index is 9.09. The average molecular weight is 324 g/mol. The van der Waals surface area contributed by atoms with E-state index in [1.54, 1.807) is 6.20 Å². The fourth-order valence-corrected chi connectivity index (χ4v) is 1.95. The van der Waals surface area contributed by atoms with Gasteiger partial charge in [0.05, 0.1) is 16.6 Å². The molecular weight excluding hydrogens is 312 g/mol. The minimum atomic E-state index is -0.372. The standard InChI is InChI=1S/C9H12Br2N2O/c1-9(2,5-14)13-8-7(11)3-6(10)4-12-8/h3-4,14H,5H2,1-2H3,(H,12,13). The zero-order valence-electron chi connectivity index (χ0n) is 8.01. The van der Waals surface area contributed by atoms with Gasteiger partial charge in [-0.2, -0.15) is 0 Å². The first-order chi connectivity index (χ1) is 6.44. The van der Waals surface area contributed by atoms with Gasteiger partial charge in [0, 0.05) is 10.7 Å². The number of aliphatic hydroxyl groups excluding tert-OH is 1. The maximum absolute atomic E-state index is 9.09. The molecule has 1 aromatic heterocycles. The van der Waals surface area contributed by atoms with Gasteiger partial charge in [-0.1, -0.05) is 0 Å². The van der Waals surface area contributed by atoms with Crippen molar-refractivity contribution in [2.75, 3.05) is 11.9 Å². The van der Waals surface area contributed by atoms with Crippen molar-refractivity contribution in [1.82, 2.24) is 4.98 Å². The summed E-state index contributed by atoms with van der Waals surface area (Å²) in [6, 6.07) is 1.91. The second-order valence-electron chi connectivity index (χ2n) is 3.65. The van der Waals surface area contributed by atoms with Gasteiger partial charge in [-0.25, -0.2) is 4.98 Å². The van der Waals surface area contributed by atoms with Gasteiger partial charge < -0.3 is 10.4 Å². The molecule has 1 rings (SSSR count). The van der Waals surface area contributed by atoms with E-state index < -0.39 is 0 Å². The van der Waals surface area contributed by atoms with Gasteiger partial charge in [0.15, 0.2) is 0 Å². The van der Waals surface area contributed by atoms with Crippen LogP contribution in [0.5, 0.6) is 0 Å². The Morgan fingerprint density at radius 1 is 1.50 bits per heavy atom. The molecule has 3 nitrogen and oxygen atoms in total. The van der Waals surface area contributed by atoms with E-state index in [0.29, 0.717) is 0 Å². The summed E-state index contributed by atoms with van der Waals surface area (Å²) in [4.78, 5) is 4.19. The largest absolute Gasteiger partial charge is 0.394 e. The molecule has 2 N–H and O–H groups in total. The summed E-state index contributed by atoms with van der Waals surface area (Å²) in [5.41, 5.74) is -0.372. The van der Waals surface area contributed by atoms with Gasteiger partial charge >= 0.3 is 0 Å². The van der Waals surface area contributed by atoms with Crippen molar-refractivity contribution in [2.24, 2.45) is 0 Å². The minimum Gasteiger partial charge on any atom is -0.394 e. The SMILES string of the molecule is CC(C)(CO)Nc1ncc(Br)cc1Br. The molecule has 78 valence electrons. The molecule has 0 spiro atoms. The lowest BCUT2D eigenvalue weighted by atomic mass is 10.1. The van der Waals surface area contributed by atoms with Gasteiger partial charge in [0.25, 0.3) is 0 Å². The van der Waals surface area contributed by atoms with Gasteiger partial charge in [-0.15, -0.1) is 0 Å². The topological polar surface area (TPSA) is 45.1 Å². The van der Waals surface area contributed by atoms with Crippen LogP contribution in [0, 0.1) is 0 Å².